The molecule has 0 saturated carbocycles. The van der Waals surface area contributed by atoms with Crippen molar-refractivity contribution in [1.29, 1.82) is 0 Å². The third-order valence-electron chi connectivity index (χ3n) is 2.53. The maximum Gasteiger partial charge on any atom is 0.280 e. The summed E-state index contributed by atoms with van der Waals surface area (Å²) in [5.41, 5.74) is 6.65. The van der Waals surface area contributed by atoms with Crippen molar-refractivity contribution in [2.45, 2.75) is 6.61 Å². The van der Waals surface area contributed by atoms with Crippen LogP contribution in [0.3, 0.4) is 0 Å². The summed E-state index contributed by atoms with van der Waals surface area (Å²) in [6, 6.07) is 1.64. The summed E-state index contributed by atoms with van der Waals surface area (Å²) >= 11 is 0. The fourth-order valence-corrected chi connectivity index (χ4v) is 1.78. The Morgan fingerprint density at radius 2 is 2.18 bits per heavy atom. The first kappa shape index (κ1) is 11.7. The SMILES string of the molecule is COCc1cnc2c(c1)C(=O)N(CCN)C2=O. The van der Waals surface area contributed by atoms with Crippen LogP contribution in [0, 0.1) is 0 Å². The number of imide groups is 1. The smallest absolute Gasteiger partial charge is 0.280 e. The zero-order valence-corrected chi connectivity index (χ0v) is 9.47. The third kappa shape index (κ3) is 1.92. The van der Waals surface area contributed by atoms with Crippen molar-refractivity contribution in [3.63, 3.8) is 0 Å². The number of carbonyl (C=O) groups is 2. The zero-order chi connectivity index (χ0) is 12.4. The van der Waals surface area contributed by atoms with E-state index in [-0.39, 0.29) is 30.6 Å². The molecule has 90 valence electrons. The van der Waals surface area contributed by atoms with Crippen LogP contribution in [0.2, 0.25) is 0 Å². The van der Waals surface area contributed by atoms with E-state index in [4.69, 9.17) is 10.5 Å². The number of nitrogens with two attached hydrogens (primary N) is 1. The first-order valence-electron chi connectivity index (χ1n) is 5.23. The number of aromatic nitrogens is 1. The molecule has 0 saturated heterocycles. The maximum absolute atomic E-state index is 11.9. The van der Waals surface area contributed by atoms with Crippen LogP contribution in [-0.4, -0.2) is 41.9 Å². The van der Waals surface area contributed by atoms with Crippen molar-refractivity contribution < 1.29 is 14.3 Å². The summed E-state index contributed by atoms with van der Waals surface area (Å²) in [4.78, 5) is 28.9. The van der Waals surface area contributed by atoms with Gasteiger partial charge in [0.25, 0.3) is 11.8 Å². The Kier molecular flexibility index (Phi) is 3.16. The molecule has 6 nitrogen and oxygen atoms in total. The molecule has 1 aromatic heterocycles. The minimum atomic E-state index is -0.376. The average molecular weight is 235 g/mol. The van der Waals surface area contributed by atoms with Gasteiger partial charge < -0.3 is 10.5 Å². The highest BCUT2D eigenvalue weighted by Gasteiger charge is 2.36. The van der Waals surface area contributed by atoms with Crippen molar-refractivity contribution in [3.8, 4) is 0 Å². The number of nitrogens with zero attached hydrogens (tertiary/aromatic N) is 2. The van der Waals surface area contributed by atoms with Crippen LogP contribution in [0.25, 0.3) is 0 Å². The predicted molar refractivity (Wildman–Crippen MR) is 59.4 cm³/mol. The van der Waals surface area contributed by atoms with E-state index in [9.17, 15) is 9.59 Å². The molecule has 17 heavy (non-hydrogen) atoms. The van der Waals surface area contributed by atoms with Gasteiger partial charge >= 0.3 is 0 Å². The fourth-order valence-electron chi connectivity index (χ4n) is 1.78. The summed E-state index contributed by atoms with van der Waals surface area (Å²) in [5.74, 6) is -0.708. The molecule has 2 heterocycles. The molecular formula is C11H13N3O3. The van der Waals surface area contributed by atoms with Crippen LogP contribution < -0.4 is 5.73 Å². The van der Waals surface area contributed by atoms with Crippen LogP contribution in [0.1, 0.15) is 26.4 Å². The number of rotatable bonds is 4. The molecule has 0 unspecified atom stereocenters. The summed E-state index contributed by atoms with van der Waals surface area (Å²) < 4.78 is 4.95. The van der Waals surface area contributed by atoms with Gasteiger partial charge in [-0.05, 0) is 11.6 Å². The van der Waals surface area contributed by atoms with Gasteiger partial charge in [-0.2, -0.15) is 0 Å². The Hall–Kier alpha value is -1.79. The van der Waals surface area contributed by atoms with Crippen molar-refractivity contribution in [2.24, 2.45) is 5.73 Å². The maximum atomic E-state index is 11.9. The van der Waals surface area contributed by atoms with Gasteiger partial charge in [0, 0.05) is 26.4 Å². The van der Waals surface area contributed by atoms with E-state index in [1.54, 1.807) is 19.4 Å². The number of amides is 2. The first-order valence-corrected chi connectivity index (χ1v) is 5.23. The first-order chi connectivity index (χ1) is 8.19. The Labute approximate surface area is 98.4 Å². The topological polar surface area (TPSA) is 85.5 Å². The Morgan fingerprint density at radius 3 is 2.82 bits per heavy atom. The molecule has 2 rings (SSSR count). The largest absolute Gasteiger partial charge is 0.380 e. The molecule has 0 aromatic carbocycles. The summed E-state index contributed by atoms with van der Waals surface area (Å²) in [6.45, 7) is 0.822. The quantitative estimate of drug-likeness (QED) is 0.729. The molecule has 1 aromatic rings. The second-order valence-electron chi connectivity index (χ2n) is 3.72. The van der Waals surface area contributed by atoms with Crippen LogP contribution in [0.5, 0.6) is 0 Å². The van der Waals surface area contributed by atoms with Crippen LogP contribution in [0.4, 0.5) is 0 Å². The lowest BCUT2D eigenvalue weighted by Crippen LogP contribution is -2.34. The lowest BCUT2D eigenvalue weighted by Gasteiger charge is -2.10. The van der Waals surface area contributed by atoms with Crippen molar-refractivity contribution in [2.75, 3.05) is 20.2 Å². The second-order valence-corrected chi connectivity index (χ2v) is 3.72. The molecule has 1 aliphatic rings. The average Bonchev–Trinajstić information content (AvgIpc) is 2.55. The van der Waals surface area contributed by atoms with Crippen molar-refractivity contribution in [3.05, 3.63) is 29.1 Å². The van der Waals surface area contributed by atoms with Gasteiger partial charge in [0.15, 0.2) is 0 Å². The Balaban J connectivity index is 2.36. The van der Waals surface area contributed by atoms with Gasteiger partial charge in [-0.15, -0.1) is 0 Å². The summed E-state index contributed by atoms with van der Waals surface area (Å²) in [6.07, 6.45) is 1.54. The van der Waals surface area contributed by atoms with E-state index >= 15 is 0 Å². The van der Waals surface area contributed by atoms with E-state index in [1.807, 2.05) is 0 Å². The predicted octanol–water partition coefficient (Wildman–Crippen LogP) is -0.217. The standard InChI is InChI=1S/C11H13N3O3/c1-17-6-7-4-8-9(13-5-7)11(16)14(3-2-12)10(8)15/h4-5H,2-3,6,12H2,1H3. The van der Waals surface area contributed by atoms with E-state index in [0.717, 1.165) is 10.5 Å². The summed E-state index contributed by atoms with van der Waals surface area (Å²) in [7, 11) is 1.56. The van der Waals surface area contributed by atoms with Gasteiger partial charge in [-0.1, -0.05) is 0 Å². The minimum absolute atomic E-state index is 0.198. The molecular weight excluding hydrogens is 222 g/mol. The van der Waals surface area contributed by atoms with Crippen molar-refractivity contribution in [1.82, 2.24) is 9.88 Å². The van der Waals surface area contributed by atoms with Crippen LogP contribution >= 0.6 is 0 Å². The molecule has 0 radical (unpaired) electrons. The zero-order valence-electron chi connectivity index (χ0n) is 9.47. The lowest BCUT2D eigenvalue weighted by molar-refractivity contribution is 0.0657. The third-order valence-corrected chi connectivity index (χ3v) is 2.53. The van der Waals surface area contributed by atoms with E-state index in [2.05, 4.69) is 4.98 Å². The van der Waals surface area contributed by atoms with Gasteiger partial charge in [0.05, 0.1) is 12.2 Å². The van der Waals surface area contributed by atoms with Crippen LogP contribution in [0.15, 0.2) is 12.3 Å². The molecule has 0 spiro atoms. The Bertz CT molecular complexity index is 473. The number of ether oxygens (including phenoxy) is 1. The monoisotopic (exact) mass is 235 g/mol. The molecule has 0 bridgehead atoms. The molecule has 0 aliphatic carbocycles. The number of carbonyl (C=O) groups excluding carboxylic acids is 2. The number of hydrogen-bond donors (Lipinski definition) is 1. The van der Waals surface area contributed by atoms with Crippen LogP contribution in [-0.2, 0) is 11.3 Å². The lowest BCUT2D eigenvalue weighted by atomic mass is 10.1. The van der Waals surface area contributed by atoms with E-state index in [0.29, 0.717) is 12.2 Å². The van der Waals surface area contributed by atoms with Gasteiger partial charge in [0.1, 0.15) is 5.69 Å². The highest BCUT2D eigenvalue weighted by molar-refractivity contribution is 6.20. The highest BCUT2D eigenvalue weighted by atomic mass is 16.5. The van der Waals surface area contributed by atoms with Gasteiger partial charge in [-0.3, -0.25) is 14.5 Å². The molecule has 0 fully saturated rings. The van der Waals surface area contributed by atoms with E-state index < -0.39 is 0 Å². The number of hydrogen-bond acceptors (Lipinski definition) is 5. The van der Waals surface area contributed by atoms with E-state index in [1.165, 1.54) is 0 Å². The fraction of sp³-hybridized carbons (Fsp3) is 0.364. The van der Waals surface area contributed by atoms with Crippen molar-refractivity contribution >= 4 is 11.8 Å². The number of pyridine rings is 1. The molecule has 2 N–H and O–H groups in total. The number of methoxy groups -OCH3 is 1. The molecule has 0 atom stereocenters. The second kappa shape index (κ2) is 4.60. The molecule has 1 aliphatic heterocycles. The molecule has 2 amide bonds. The number of fused-ring (bicyclic) bond motifs is 1. The molecule has 6 heteroatoms. The highest BCUT2D eigenvalue weighted by Crippen LogP contribution is 2.21. The normalized spacial score (nSPS) is 14.4. The van der Waals surface area contributed by atoms with Gasteiger partial charge in [-0.25, -0.2) is 4.98 Å². The Morgan fingerprint density at radius 1 is 1.41 bits per heavy atom. The minimum Gasteiger partial charge on any atom is -0.380 e. The summed E-state index contributed by atoms with van der Waals surface area (Å²) in [5, 5.41) is 0. The van der Waals surface area contributed by atoms with Gasteiger partial charge in [0.2, 0.25) is 0 Å².